The van der Waals surface area contributed by atoms with Gasteiger partial charge in [0, 0.05) is 12.1 Å². The second kappa shape index (κ2) is 6.74. The molecule has 4 nitrogen and oxygen atoms in total. The molecule has 0 saturated heterocycles. The van der Waals surface area contributed by atoms with Crippen molar-refractivity contribution in [3.05, 3.63) is 35.6 Å². The van der Waals surface area contributed by atoms with Gasteiger partial charge in [0.2, 0.25) is 0 Å². The summed E-state index contributed by atoms with van der Waals surface area (Å²) < 4.78 is 17.6. The Balaban J connectivity index is 2.33. The van der Waals surface area contributed by atoms with Crippen molar-refractivity contribution < 1.29 is 18.7 Å². The van der Waals surface area contributed by atoms with Crippen LogP contribution in [0.15, 0.2) is 24.3 Å². The molecule has 1 N–H and O–H groups in total. The van der Waals surface area contributed by atoms with Crippen LogP contribution in [0, 0.1) is 5.82 Å². The van der Waals surface area contributed by atoms with Crippen LogP contribution >= 0.6 is 0 Å². The second-order valence-electron chi connectivity index (χ2n) is 4.05. The summed E-state index contributed by atoms with van der Waals surface area (Å²) in [6.07, 6.45) is -0.0456. The summed E-state index contributed by atoms with van der Waals surface area (Å²) in [5.74, 6) is -1.09. The molecule has 1 amide bonds. The van der Waals surface area contributed by atoms with E-state index in [1.54, 1.807) is 13.8 Å². The highest BCUT2D eigenvalue weighted by Gasteiger charge is 2.08. The maximum absolute atomic E-state index is 12.6. The van der Waals surface area contributed by atoms with Crippen molar-refractivity contribution in [1.82, 2.24) is 5.32 Å². The molecule has 1 aromatic carbocycles. The normalized spacial score (nSPS) is 10.2. The van der Waals surface area contributed by atoms with Crippen molar-refractivity contribution >= 4 is 11.9 Å². The summed E-state index contributed by atoms with van der Waals surface area (Å²) in [5, 5.41) is 2.56. The fourth-order valence-electron chi connectivity index (χ4n) is 1.30. The number of hydrogen-bond donors (Lipinski definition) is 1. The lowest BCUT2D eigenvalue weighted by molar-refractivity contribution is -0.147. The van der Waals surface area contributed by atoms with E-state index < -0.39 is 5.82 Å². The highest BCUT2D eigenvalue weighted by atomic mass is 19.1. The minimum absolute atomic E-state index is 0.116. The molecule has 0 unspecified atom stereocenters. The molecule has 0 radical (unpaired) electrons. The first-order chi connectivity index (χ1) is 8.49. The average Bonchev–Trinajstić information content (AvgIpc) is 2.28. The van der Waals surface area contributed by atoms with Crippen LogP contribution in [-0.2, 0) is 9.53 Å². The predicted octanol–water partition coefficient (Wildman–Crippen LogP) is 1.90. The molecule has 0 aliphatic carbocycles. The van der Waals surface area contributed by atoms with E-state index in [4.69, 9.17) is 4.74 Å². The van der Waals surface area contributed by atoms with Gasteiger partial charge >= 0.3 is 5.97 Å². The van der Waals surface area contributed by atoms with Gasteiger partial charge in [-0.3, -0.25) is 9.59 Å². The van der Waals surface area contributed by atoms with Crippen molar-refractivity contribution in [1.29, 1.82) is 0 Å². The summed E-state index contributed by atoms with van der Waals surface area (Å²) in [7, 11) is 0. The van der Waals surface area contributed by atoms with Gasteiger partial charge in [0.1, 0.15) is 5.82 Å². The standard InChI is InChI=1S/C13H16FNO3/c1-9(2)18-12(16)7-8-15-13(17)10-3-5-11(14)6-4-10/h3-6,9H,7-8H2,1-2H3,(H,15,17). The zero-order valence-electron chi connectivity index (χ0n) is 10.4. The Morgan fingerprint density at radius 3 is 2.44 bits per heavy atom. The smallest absolute Gasteiger partial charge is 0.307 e. The topological polar surface area (TPSA) is 55.4 Å². The molecule has 0 bridgehead atoms. The van der Waals surface area contributed by atoms with E-state index >= 15 is 0 Å². The molecule has 0 fully saturated rings. The number of carbonyl (C=O) groups excluding carboxylic acids is 2. The first-order valence-electron chi connectivity index (χ1n) is 5.72. The maximum Gasteiger partial charge on any atom is 0.307 e. The molecule has 0 atom stereocenters. The average molecular weight is 253 g/mol. The number of rotatable bonds is 5. The van der Waals surface area contributed by atoms with E-state index in [-0.39, 0.29) is 30.9 Å². The Kier molecular flexibility index (Phi) is 5.30. The highest BCUT2D eigenvalue weighted by molar-refractivity contribution is 5.94. The van der Waals surface area contributed by atoms with Crippen molar-refractivity contribution in [3.8, 4) is 0 Å². The van der Waals surface area contributed by atoms with Gasteiger partial charge in [-0.2, -0.15) is 0 Å². The van der Waals surface area contributed by atoms with Gasteiger partial charge in [0.05, 0.1) is 12.5 Å². The molecule has 0 saturated carbocycles. The van der Waals surface area contributed by atoms with Crippen LogP contribution < -0.4 is 5.32 Å². The van der Waals surface area contributed by atoms with Gasteiger partial charge in [0.25, 0.3) is 5.91 Å². The molecule has 5 heteroatoms. The van der Waals surface area contributed by atoms with E-state index in [2.05, 4.69) is 5.32 Å². The summed E-state index contributed by atoms with van der Waals surface area (Å²) >= 11 is 0. The van der Waals surface area contributed by atoms with Gasteiger partial charge in [0.15, 0.2) is 0 Å². The van der Waals surface area contributed by atoms with Crippen LogP contribution in [0.5, 0.6) is 0 Å². The molecule has 0 spiro atoms. The molecule has 0 aromatic heterocycles. The number of carbonyl (C=O) groups is 2. The Morgan fingerprint density at radius 1 is 1.28 bits per heavy atom. The SMILES string of the molecule is CC(C)OC(=O)CCNC(=O)c1ccc(F)cc1. The van der Waals surface area contributed by atoms with Crippen LogP contribution in [0.25, 0.3) is 0 Å². The summed E-state index contributed by atoms with van der Waals surface area (Å²) in [6.45, 7) is 3.71. The Morgan fingerprint density at radius 2 is 1.89 bits per heavy atom. The molecular weight excluding hydrogens is 237 g/mol. The lowest BCUT2D eigenvalue weighted by Crippen LogP contribution is -2.27. The molecule has 0 aliphatic rings. The van der Waals surface area contributed by atoms with Crippen molar-refractivity contribution in [3.63, 3.8) is 0 Å². The molecule has 1 rings (SSSR count). The minimum atomic E-state index is -0.396. The third-order valence-corrected chi connectivity index (χ3v) is 2.09. The molecule has 1 aromatic rings. The van der Waals surface area contributed by atoms with Crippen molar-refractivity contribution in [2.24, 2.45) is 0 Å². The van der Waals surface area contributed by atoms with Crippen LogP contribution in [0.2, 0.25) is 0 Å². The molecule has 98 valence electrons. The van der Waals surface area contributed by atoms with Gasteiger partial charge in [-0.15, -0.1) is 0 Å². The van der Waals surface area contributed by atoms with Crippen molar-refractivity contribution in [2.45, 2.75) is 26.4 Å². The largest absolute Gasteiger partial charge is 0.463 e. The van der Waals surface area contributed by atoms with E-state index in [1.807, 2.05) is 0 Å². The Bertz CT molecular complexity index is 415. The molecular formula is C13H16FNO3. The lowest BCUT2D eigenvalue weighted by atomic mass is 10.2. The number of hydrogen-bond acceptors (Lipinski definition) is 3. The third-order valence-electron chi connectivity index (χ3n) is 2.09. The number of benzene rings is 1. The summed E-state index contributed by atoms with van der Waals surface area (Å²) in [5.41, 5.74) is 0.355. The zero-order valence-corrected chi connectivity index (χ0v) is 10.4. The molecule has 0 heterocycles. The number of esters is 1. The van der Waals surface area contributed by atoms with E-state index in [0.717, 1.165) is 0 Å². The summed E-state index contributed by atoms with van der Waals surface area (Å²) in [4.78, 5) is 22.8. The number of nitrogens with one attached hydrogen (secondary N) is 1. The highest BCUT2D eigenvalue weighted by Crippen LogP contribution is 2.02. The van der Waals surface area contributed by atoms with Crippen LogP contribution in [0.4, 0.5) is 4.39 Å². The van der Waals surface area contributed by atoms with Crippen LogP contribution in [-0.4, -0.2) is 24.5 Å². The van der Waals surface area contributed by atoms with Crippen LogP contribution in [0.3, 0.4) is 0 Å². The Hall–Kier alpha value is -1.91. The number of halogens is 1. The first kappa shape index (κ1) is 14.2. The molecule has 0 aliphatic heterocycles. The fraction of sp³-hybridized carbons (Fsp3) is 0.385. The second-order valence-corrected chi connectivity index (χ2v) is 4.05. The zero-order chi connectivity index (χ0) is 13.5. The van der Waals surface area contributed by atoms with Gasteiger partial charge in [-0.25, -0.2) is 4.39 Å². The maximum atomic E-state index is 12.6. The van der Waals surface area contributed by atoms with Gasteiger partial charge in [-0.1, -0.05) is 0 Å². The van der Waals surface area contributed by atoms with Crippen LogP contribution in [0.1, 0.15) is 30.6 Å². The van der Waals surface area contributed by atoms with E-state index in [1.165, 1.54) is 24.3 Å². The monoisotopic (exact) mass is 253 g/mol. The summed E-state index contributed by atoms with van der Waals surface area (Å²) in [6, 6.07) is 5.19. The molecule has 18 heavy (non-hydrogen) atoms. The van der Waals surface area contributed by atoms with Gasteiger partial charge < -0.3 is 10.1 Å². The van der Waals surface area contributed by atoms with E-state index in [0.29, 0.717) is 5.56 Å². The van der Waals surface area contributed by atoms with Crippen molar-refractivity contribution in [2.75, 3.05) is 6.54 Å². The number of ether oxygens (including phenoxy) is 1. The third kappa shape index (κ3) is 4.95. The van der Waals surface area contributed by atoms with Gasteiger partial charge in [-0.05, 0) is 38.1 Å². The fourth-order valence-corrected chi connectivity index (χ4v) is 1.30. The first-order valence-corrected chi connectivity index (χ1v) is 5.72. The van der Waals surface area contributed by atoms with E-state index in [9.17, 15) is 14.0 Å². The number of amides is 1. The lowest BCUT2D eigenvalue weighted by Gasteiger charge is -2.08. The minimum Gasteiger partial charge on any atom is -0.463 e. The Labute approximate surface area is 105 Å². The quantitative estimate of drug-likeness (QED) is 0.815. The predicted molar refractivity (Wildman–Crippen MR) is 64.6 cm³/mol.